The summed E-state index contributed by atoms with van der Waals surface area (Å²) in [6.07, 6.45) is 1.94. The Morgan fingerprint density at radius 2 is 1.81 bits per heavy atom. The van der Waals surface area contributed by atoms with Crippen molar-refractivity contribution in [2.24, 2.45) is 0 Å². The van der Waals surface area contributed by atoms with Crippen molar-refractivity contribution in [2.45, 2.75) is 50.1 Å². The van der Waals surface area contributed by atoms with E-state index in [1.807, 2.05) is 26.0 Å². The molecule has 5 nitrogen and oxygen atoms in total. The third-order valence-electron chi connectivity index (χ3n) is 3.71. The van der Waals surface area contributed by atoms with E-state index < -0.39 is 10.0 Å². The Kier molecular flexibility index (Phi) is 4.91. The predicted molar refractivity (Wildman–Crippen MR) is 86.0 cm³/mol. The highest BCUT2D eigenvalue weighted by atomic mass is 32.2. The molecule has 2 rings (SSSR count). The van der Waals surface area contributed by atoms with E-state index in [0.29, 0.717) is 10.6 Å². The SMILES string of the molecule is CC(C)NS(=O)(=O)c1ccccc1NC1(C)CCNCC1. The molecule has 1 aliphatic heterocycles. The van der Waals surface area contributed by atoms with Crippen molar-refractivity contribution in [1.29, 1.82) is 0 Å². The molecular formula is C15H25N3O2S. The Bertz CT molecular complexity index is 578. The Morgan fingerprint density at radius 1 is 1.19 bits per heavy atom. The second kappa shape index (κ2) is 6.34. The summed E-state index contributed by atoms with van der Waals surface area (Å²) in [5.41, 5.74) is 0.601. The highest BCUT2D eigenvalue weighted by Crippen LogP contribution is 2.28. The summed E-state index contributed by atoms with van der Waals surface area (Å²) < 4.78 is 27.5. The number of anilines is 1. The summed E-state index contributed by atoms with van der Waals surface area (Å²) in [7, 11) is -3.50. The molecule has 0 amide bonds. The summed E-state index contributed by atoms with van der Waals surface area (Å²) in [5.74, 6) is 0. The van der Waals surface area contributed by atoms with Crippen molar-refractivity contribution in [3.8, 4) is 0 Å². The Labute approximate surface area is 127 Å². The summed E-state index contributed by atoms with van der Waals surface area (Å²) in [5, 5.41) is 6.77. The van der Waals surface area contributed by atoms with E-state index in [0.717, 1.165) is 25.9 Å². The maximum absolute atomic E-state index is 12.4. The highest BCUT2D eigenvalue weighted by Gasteiger charge is 2.29. The highest BCUT2D eigenvalue weighted by molar-refractivity contribution is 7.89. The van der Waals surface area contributed by atoms with Gasteiger partial charge in [-0.05, 0) is 58.8 Å². The maximum Gasteiger partial charge on any atom is 0.242 e. The largest absolute Gasteiger partial charge is 0.379 e. The van der Waals surface area contributed by atoms with Crippen LogP contribution in [0, 0.1) is 0 Å². The van der Waals surface area contributed by atoms with E-state index in [1.54, 1.807) is 12.1 Å². The van der Waals surface area contributed by atoms with Crippen LogP contribution in [-0.2, 0) is 10.0 Å². The van der Waals surface area contributed by atoms with Crippen LogP contribution in [0.1, 0.15) is 33.6 Å². The molecule has 1 saturated heterocycles. The van der Waals surface area contributed by atoms with E-state index in [9.17, 15) is 8.42 Å². The Balaban J connectivity index is 2.29. The molecule has 1 aromatic rings. The van der Waals surface area contributed by atoms with Gasteiger partial charge in [-0.15, -0.1) is 0 Å². The molecule has 1 aromatic carbocycles. The summed E-state index contributed by atoms with van der Waals surface area (Å²) in [4.78, 5) is 0.318. The van der Waals surface area contributed by atoms with E-state index in [-0.39, 0.29) is 11.6 Å². The van der Waals surface area contributed by atoms with Crippen LogP contribution < -0.4 is 15.4 Å². The van der Waals surface area contributed by atoms with Crippen LogP contribution in [0.3, 0.4) is 0 Å². The number of sulfonamides is 1. The monoisotopic (exact) mass is 311 g/mol. The fraction of sp³-hybridized carbons (Fsp3) is 0.600. The zero-order valence-electron chi connectivity index (χ0n) is 12.9. The topological polar surface area (TPSA) is 70.2 Å². The van der Waals surface area contributed by atoms with Gasteiger partial charge in [-0.25, -0.2) is 13.1 Å². The fourth-order valence-corrected chi connectivity index (χ4v) is 4.02. The molecule has 0 atom stereocenters. The zero-order chi connectivity index (χ0) is 15.5. The van der Waals surface area contributed by atoms with Gasteiger partial charge in [0.15, 0.2) is 0 Å². The molecule has 0 bridgehead atoms. The molecular weight excluding hydrogens is 286 g/mol. The average molecular weight is 311 g/mol. The number of para-hydroxylation sites is 1. The van der Waals surface area contributed by atoms with E-state index >= 15 is 0 Å². The van der Waals surface area contributed by atoms with Crippen molar-refractivity contribution < 1.29 is 8.42 Å². The molecule has 0 aromatic heterocycles. The molecule has 0 aliphatic carbocycles. The van der Waals surface area contributed by atoms with Crippen LogP contribution in [0.25, 0.3) is 0 Å². The molecule has 3 N–H and O–H groups in total. The normalized spacial score (nSPS) is 18.7. The first-order valence-corrected chi connectivity index (χ1v) is 8.91. The van der Waals surface area contributed by atoms with Crippen molar-refractivity contribution in [1.82, 2.24) is 10.0 Å². The molecule has 1 aliphatic rings. The number of piperidine rings is 1. The van der Waals surface area contributed by atoms with Gasteiger partial charge >= 0.3 is 0 Å². The molecule has 0 spiro atoms. The molecule has 0 saturated carbocycles. The van der Waals surface area contributed by atoms with Gasteiger partial charge in [0.1, 0.15) is 4.90 Å². The molecule has 0 radical (unpaired) electrons. The van der Waals surface area contributed by atoms with Gasteiger partial charge in [-0.3, -0.25) is 0 Å². The number of nitrogens with one attached hydrogen (secondary N) is 3. The van der Waals surface area contributed by atoms with Gasteiger partial charge in [0.25, 0.3) is 0 Å². The van der Waals surface area contributed by atoms with Crippen LogP contribution in [0.4, 0.5) is 5.69 Å². The van der Waals surface area contributed by atoms with Crippen molar-refractivity contribution in [3.05, 3.63) is 24.3 Å². The van der Waals surface area contributed by atoms with Gasteiger partial charge in [0.2, 0.25) is 10.0 Å². The summed E-state index contributed by atoms with van der Waals surface area (Å²) >= 11 is 0. The Morgan fingerprint density at radius 3 is 2.43 bits per heavy atom. The van der Waals surface area contributed by atoms with Crippen LogP contribution in [0.2, 0.25) is 0 Å². The Hall–Kier alpha value is -1.11. The average Bonchev–Trinajstić information content (AvgIpc) is 2.38. The van der Waals surface area contributed by atoms with Gasteiger partial charge in [-0.2, -0.15) is 0 Å². The van der Waals surface area contributed by atoms with Crippen molar-refractivity contribution >= 4 is 15.7 Å². The second-order valence-electron chi connectivity index (χ2n) is 6.21. The first-order valence-electron chi connectivity index (χ1n) is 7.43. The fourth-order valence-electron chi connectivity index (χ4n) is 2.61. The van der Waals surface area contributed by atoms with Crippen LogP contribution in [0.5, 0.6) is 0 Å². The third kappa shape index (κ3) is 4.18. The maximum atomic E-state index is 12.4. The molecule has 6 heteroatoms. The molecule has 1 fully saturated rings. The molecule has 0 unspecified atom stereocenters. The quantitative estimate of drug-likeness (QED) is 0.777. The van der Waals surface area contributed by atoms with Crippen molar-refractivity contribution in [3.63, 3.8) is 0 Å². The second-order valence-corrected chi connectivity index (χ2v) is 7.89. The van der Waals surface area contributed by atoms with Crippen LogP contribution in [0.15, 0.2) is 29.2 Å². The lowest BCUT2D eigenvalue weighted by atomic mass is 9.90. The van der Waals surface area contributed by atoms with Crippen LogP contribution in [-0.4, -0.2) is 33.1 Å². The van der Waals surface area contributed by atoms with E-state index in [4.69, 9.17) is 0 Å². The molecule has 1 heterocycles. The lowest BCUT2D eigenvalue weighted by molar-refractivity contribution is 0.364. The van der Waals surface area contributed by atoms with Gasteiger partial charge in [0, 0.05) is 11.6 Å². The smallest absolute Gasteiger partial charge is 0.242 e. The molecule has 21 heavy (non-hydrogen) atoms. The van der Waals surface area contributed by atoms with Crippen LogP contribution >= 0.6 is 0 Å². The van der Waals surface area contributed by atoms with Gasteiger partial charge in [-0.1, -0.05) is 12.1 Å². The lowest BCUT2D eigenvalue weighted by Gasteiger charge is -2.36. The number of rotatable bonds is 5. The first-order chi connectivity index (χ1) is 9.82. The summed E-state index contributed by atoms with van der Waals surface area (Å²) in [6, 6.07) is 6.98. The lowest BCUT2D eigenvalue weighted by Crippen LogP contribution is -2.45. The number of benzene rings is 1. The minimum absolute atomic E-state index is 0.0747. The van der Waals surface area contributed by atoms with Gasteiger partial charge < -0.3 is 10.6 Å². The first kappa shape index (κ1) is 16.3. The third-order valence-corrected chi connectivity index (χ3v) is 5.43. The minimum Gasteiger partial charge on any atom is -0.379 e. The molecule has 118 valence electrons. The van der Waals surface area contributed by atoms with Crippen molar-refractivity contribution in [2.75, 3.05) is 18.4 Å². The van der Waals surface area contributed by atoms with E-state index in [2.05, 4.69) is 22.3 Å². The van der Waals surface area contributed by atoms with Gasteiger partial charge in [0.05, 0.1) is 5.69 Å². The van der Waals surface area contributed by atoms with E-state index in [1.165, 1.54) is 0 Å². The standard InChI is InChI=1S/C15H25N3O2S/c1-12(2)18-21(19,20)14-7-5-4-6-13(14)17-15(3)8-10-16-11-9-15/h4-7,12,16-18H,8-11H2,1-3H3. The number of hydrogen-bond donors (Lipinski definition) is 3. The minimum atomic E-state index is -3.50. The number of hydrogen-bond acceptors (Lipinski definition) is 4. The predicted octanol–water partition coefficient (Wildman–Crippen LogP) is 1.93. The zero-order valence-corrected chi connectivity index (χ0v) is 13.8. The summed E-state index contributed by atoms with van der Waals surface area (Å²) in [6.45, 7) is 7.68.